The second kappa shape index (κ2) is 9.97. The number of benzene rings is 2. The third-order valence-corrected chi connectivity index (χ3v) is 5.15. The maximum atomic E-state index is 12.5. The molecule has 1 atom stereocenters. The quantitative estimate of drug-likeness (QED) is 0.215. The first-order chi connectivity index (χ1) is 12.7. The fraction of sp³-hybridized carbons (Fsp3) is 0.176. The van der Waals surface area contributed by atoms with Crippen molar-refractivity contribution in [1.82, 2.24) is 10.6 Å². The summed E-state index contributed by atoms with van der Waals surface area (Å²) in [5.74, 6) is 0.0895. The van der Waals surface area contributed by atoms with Gasteiger partial charge in [-0.2, -0.15) is 0 Å². The first-order valence-corrected chi connectivity index (χ1v) is 10.2. The van der Waals surface area contributed by atoms with Crippen LogP contribution in [0, 0.1) is 3.57 Å². The fourth-order valence-electron chi connectivity index (χ4n) is 2.03. The molecule has 1 unspecified atom stereocenters. The van der Waals surface area contributed by atoms with Gasteiger partial charge in [-0.1, -0.05) is 53.0 Å². The Hall–Kier alpha value is -1.000. The lowest BCUT2D eigenvalue weighted by atomic mass is 10.2. The third-order valence-electron chi connectivity index (χ3n) is 3.33. The molecule has 0 radical (unpaired) electrons. The van der Waals surface area contributed by atoms with Gasteiger partial charge in [0.05, 0.1) is 12.8 Å². The number of carbonyl (C=O) groups is 1. The van der Waals surface area contributed by atoms with E-state index in [-0.39, 0.29) is 5.11 Å². The summed E-state index contributed by atoms with van der Waals surface area (Å²) in [6.07, 6.45) is -1.07. The summed E-state index contributed by atoms with van der Waals surface area (Å²) >= 11 is 25.5. The van der Waals surface area contributed by atoms with E-state index in [1.807, 2.05) is 24.3 Å². The van der Waals surface area contributed by atoms with E-state index >= 15 is 0 Å². The summed E-state index contributed by atoms with van der Waals surface area (Å²) in [5.41, 5.74) is 1.14. The molecule has 144 valence electrons. The van der Waals surface area contributed by atoms with E-state index in [2.05, 4.69) is 38.5 Å². The predicted molar refractivity (Wildman–Crippen MR) is 123 cm³/mol. The molecule has 0 heterocycles. The average molecular weight is 559 g/mol. The molecule has 0 aliphatic heterocycles. The molecular formula is C17H15Cl3IN3O2S. The monoisotopic (exact) mass is 557 g/mol. The van der Waals surface area contributed by atoms with Crippen LogP contribution < -0.4 is 20.7 Å². The fourth-order valence-corrected chi connectivity index (χ4v) is 3.11. The van der Waals surface area contributed by atoms with Crippen LogP contribution in [0.2, 0.25) is 0 Å². The Kier molecular flexibility index (Phi) is 8.23. The molecule has 2 aromatic carbocycles. The van der Waals surface area contributed by atoms with Crippen molar-refractivity contribution < 1.29 is 9.53 Å². The number of halogens is 4. The number of hydrogen-bond acceptors (Lipinski definition) is 3. The van der Waals surface area contributed by atoms with E-state index in [0.717, 1.165) is 9.26 Å². The van der Waals surface area contributed by atoms with E-state index in [1.54, 1.807) is 24.3 Å². The minimum Gasteiger partial charge on any atom is -0.497 e. The van der Waals surface area contributed by atoms with Crippen molar-refractivity contribution in [2.24, 2.45) is 0 Å². The van der Waals surface area contributed by atoms with Crippen LogP contribution in [0.15, 0.2) is 48.5 Å². The smallest absolute Gasteiger partial charge is 0.253 e. The topological polar surface area (TPSA) is 62.4 Å². The number of methoxy groups -OCH3 is 1. The zero-order valence-corrected chi connectivity index (χ0v) is 19.2. The van der Waals surface area contributed by atoms with Crippen molar-refractivity contribution in [3.8, 4) is 5.75 Å². The van der Waals surface area contributed by atoms with Gasteiger partial charge in [0.15, 0.2) is 5.11 Å². The second-order valence-corrected chi connectivity index (χ2v) is 9.20. The number of para-hydroxylation sites is 1. The first-order valence-electron chi connectivity index (χ1n) is 7.54. The molecule has 2 rings (SSSR count). The average Bonchev–Trinajstić information content (AvgIpc) is 2.62. The van der Waals surface area contributed by atoms with Crippen LogP contribution in [-0.2, 0) is 0 Å². The van der Waals surface area contributed by atoms with Crippen molar-refractivity contribution in [1.29, 1.82) is 0 Å². The number of rotatable bonds is 5. The summed E-state index contributed by atoms with van der Waals surface area (Å²) in [6, 6.07) is 14.2. The number of carbonyl (C=O) groups excluding carboxylic acids is 1. The van der Waals surface area contributed by atoms with Crippen molar-refractivity contribution in [2.45, 2.75) is 9.96 Å². The number of nitrogens with one attached hydrogen (secondary N) is 3. The highest BCUT2D eigenvalue weighted by atomic mass is 127. The molecule has 5 nitrogen and oxygen atoms in total. The highest BCUT2D eigenvalue weighted by Crippen LogP contribution is 2.29. The molecule has 2 aromatic rings. The number of anilines is 1. The molecule has 0 aromatic heterocycles. The van der Waals surface area contributed by atoms with E-state index in [4.69, 9.17) is 51.8 Å². The van der Waals surface area contributed by atoms with Crippen LogP contribution in [0.1, 0.15) is 10.4 Å². The van der Waals surface area contributed by atoms with Crippen LogP contribution >= 0.6 is 69.6 Å². The minimum atomic E-state index is -1.84. The normalized spacial score (nSPS) is 12.0. The molecule has 0 saturated carbocycles. The Labute approximate surface area is 191 Å². The third kappa shape index (κ3) is 6.83. The lowest BCUT2D eigenvalue weighted by Crippen LogP contribution is -2.56. The van der Waals surface area contributed by atoms with Crippen LogP contribution in [0.25, 0.3) is 0 Å². The molecule has 0 spiro atoms. The molecule has 0 aliphatic carbocycles. The van der Waals surface area contributed by atoms with Crippen molar-refractivity contribution in [3.05, 3.63) is 57.7 Å². The standard InChI is InChI=1S/C17H15Cl3IN3O2S/c1-26-11-6-4-5-10(9-11)14(25)23-15(17(18,19)20)24-16(27)22-13-8-3-2-7-12(13)21/h2-9,15H,1H3,(H,23,25)(H2,22,24,27). The van der Waals surface area contributed by atoms with E-state index in [9.17, 15) is 4.79 Å². The number of thiocarbonyl (C=S) groups is 1. The summed E-state index contributed by atoms with van der Waals surface area (Å²) in [7, 11) is 1.51. The number of amides is 1. The maximum absolute atomic E-state index is 12.5. The van der Waals surface area contributed by atoms with Crippen LogP contribution in [-0.4, -0.2) is 28.1 Å². The lowest BCUT2D eigenvalue weighted by molar-refractivity contribution is 0.0934. The van der Waals surface area contributed by atoms with Gasteiger partial charge in [0.1, 0.15) is 11.9 Å². The van der Waals surface area contributed by atoms with Gasteiger partial charge in [0.25, 0.3) is 5.91 Å². The molecule has 3 N–H and O–H groups in total. The van der Waals surface area contributed by atoms with Gasteiger partial charge in [-0.3, -0.25) is 4.79 Å². The maximum Gasteiger partial charge on any atom is 0.253 e. The van der Waals surface area contributed by atoms with Gasteiger partial charge in [0, 0.05) is 9.13 Å². The van der Waals surface area contributed by atoms with Gasteiger partial charge in [-0.25, -0.2) is 0 Å². The largest absolute Gasteiger partial charge is 0.497 e. The zero-order chi connectivity index (χ0) is 20.0. The van der Waals surface area contributed by atoms with E-state index in [1.165, 1.54) is 7.11 Å². The van der Waals surface area contributed by atoms with Crippen molar-refractivity contribution in [3.63, 3.8) is 0 Å². The van der Waals surface area contributed by atoms with E-state index < -0.39 is 15.9 Å². The van der Waals surface area contributed by atoms with Gasteiger partial charge < -0.3 is 20.7 Å². The van der Waals surface area contributed by atoms with Gasteiger partial charge >= 0.3 is 0 Å². The van der Waals surface area contributed by atoms with Gasteiger partial charge in [-0.05, 0) is 65.1 Å². The molecule has 0 aliphatic rings. The summed E-state index contributed by atoms with van der Waals surface area (Å²) in [4.78, 5) is 12.5. The molecule has 0 saturated heterocycles. The van der Waals surface area contributed by atoms with Crippen molar-refractivity contribution >= 4 is 86.3 Å². The SMILES string of the molecule is COc1cccc(C(=O)NC(NC(=S)Nc2ccccc2I)C(Cl)(Cl)Cl)c1. The van der Waals surface area contributed by atoms with Gasteiger partial charge in [-0.15, -0.1) is 0 Å². The Balaban J connectivity index is 2.10. The minimum absolute atomic E-state index is 0.196. The molecule has 10 heteroatoms. The molecule has 1 amide bonds. The Morgan fingerprint density at radius 3 is 2.48 bits per heavy atom. The lowest BCUT2D eigenvalue weighted by Gasteiger charge is -2.28. The highest BCUT2D eigenvalue weighted by Gasteiger charge is 2.35. The number of ether oxygens (including phenoxy) is 1. The van der Waals surface area contributed by atoms with Crippen LogP contribution in [0.3, 0.4) is 0 Å². The Morgan fingerprint density at radius 2 is 1.85 bits per heavy atom. The molecule has 0 bridgehead atoms. The van der Waals surface area contributed by atoms with Crippen molar-refractivity contribution in [2.75, 3.05) is 12.4 Å². The predicted octanol–water partition coefficient (Wildman–Crippen LogP) is 4.71. The summed E-state index contributed by atoms with van der Waals surface area (Å²) in [5, 5.41) is 8.65. The molecule has 0 fully saturated rings. The second-order valence-electron chi connectivity index (χ2n) is 5.26. The van der Waals surface area contributed by atoms with Gasteiger partial charge in [0.2, 0.25) is 3.79 Å². The first kappa shape index (κ1) is 22.3. The summed E-state index contributed by atoms with van der Waals surface area (Å²) < 4.78 is 4.23. The molecule has 27 heavy (non-hydrogen) atoms. The zero-order valence-electron chi connectivity index (χ0n) is 13.9. The van der Waals surface area contributed by atoms with E-state index in [0.29, 0.717) is 11.3 Å². The van der Waals surface area contributed by atoms with Crippen LogP contribution in [0.4, 0.5) is 5.69 Å². The Morgan fingerprint density at radius 1 is 1.15 bits per heavy atom. The number of alkyl halides is 3. The number of hydrogen-bond donors (Lipinski definition) is 3. The Bertz CT molecular complexity index is 833. The van der Waals surface area contributed by atoms with Crippen LogP contribution in [0.5, 0.6) is 5.75 Å². The summed E-state index contributed by atoms with van der Waals surface area (Å²) in [6.45, 7) is 0. The molecular weight excluding hydrogens is 544 g/mol. The highest BCUT2D eigenvalue weighted by molar-refractivity contribution is 14.1.